The summed E-state index contributed by atoms with van der Waals surface area (Å²) in [5.41, 5.74) is 3.26. The lowest BCUT2D eigenvalue weighted by Gasteiger charge is -2.15. The quantitative estimate of drug-likeness (QED) is 0.793. The molecule has 1 aromatic carbocycles. The molecule has 108 valence electrons. The molecule has 0 amide bonds. The van der Waals surface area contributed by atoms with Gasteiger partial charge in [0.05, 0.1) is 6.04 Å². The van der Waals surface area contributed by atoms with Crippen LogP contribution < -0.4 is 5.32 Å². The Morgan fingerprint density at radius 2 is 1.86 bits per heavy atom. The van der Waals surface area contributed by atoms with Gasteiger partial charge in [0, 0.05) is 16.8 Å². The number of furan rings is 1. The molecule has 1 unspecified atom stereocenters. The lowest BCUT2D eigenvalue weighted by Crippen LogP contribution is -2.17. The first kappa shape index (κ1) is 13.8. The van der Waals surface area contributed by atoms with Crippen LogP contribution in [0.2, 0.25) is 0 Å². The molecule has 0 spiro atoms. The number of hydrogen-bond acceptors (Lipinski definition) is 3. The van der Waals surface area contributed by atoms with E-state index in [-0.39, 0.29) is 11.9 Å². The van der Waals surface area contributed by atoms with Crippen molar-refractivity contribution in [1.82, 2.24) is 10.3 Å². The van der Waals surface area contributed by atoms with Gasteiger partial charge in [-0.1, -0.05) is 12.1 Å². The van der Waals surface area contributed by atoms with Crippen LogP contribution in [-0.2, 0) is 0 Å². The number of para-hydroxylation sites is 1. The molecule has 21 heavy (non-hydrogen) atoms. The third kappa shape index (κ3) is 2.54. The molecule has 2 heterocycles. The number of aryl methyl sites for hydroxylation is 2. The summed E-state index contributed by atoms with van der Waals surface area (Å²) in [7, 11) is 1.86. The van der Waals surface area contributed by atoms with E-state index >= 15 is 0 Å². The molecule has 1 atom stereocenters. The molecular formula is C17H17FN2O. The van der Waals surface area contributed by atoms with Gasteiger partial charge >= 0.3 is 0 Å². The average Bonchev–Trinajstić information content (AvgIpc) is 2.83. The zero-order valence-electron chi connectivity index (χ0n) is 12.3. The number of halogens is 1. The topological polar surface area (TPSA) is 38.1 Å². The van der Waals surface area contributed by atoms with Crippen molar-refractivity contribution in [2.24, 2.45) is 0 Å². The van der Waals surface area contributed by atoms with Gasteiger partial charge in [-0.15, -0.1) is 0 Å². The molecule has 0 radical (unpaired) electrons. The Balaban J connectivity index is 2.11. The Bertz CT molecular complexity index is 774. The smallest absolute Gasteiger partial charge is 0.169 e. The first-order chi connectivity index (χ1) is 10.1. The molecule has 3 aromatic rings. The van der Waals surface area contributed by atoms with Crippen molar-refractivity contribution in [2.45, 2.75) is 19.9 Å². The maximum atomic E-state index is 13.8. The summed E-state index contributed by atoms with van der Waals surface area (Å²) in [6.07, 6.45) is 0. The van der Waals surface area contributed by atoms with E-state index in [2.05, 4.69) is 10.3 Å². The third-order valence-corrected chi connectivity index (χ3v) is 3.53. The standard InChI is InChI=1S/C17H17FN2O/c1-10-7-13(8-11(2)20-10)16(19-3)15-9-12-5-4-6-14(18)17(12)21-15/h4-9,16,19H,1-3H3. The molecule has 0 saturated carbocycles. The summed E-state index contributed by atoms with van der Waals surface area (Å²) in [4.78, 5) is 4.38. The number of fused-ring (bicyclic) bond motifs is 1. The van der Waals surface area contributed by atoms with Crippen molar-refractivity contribution in [3.05, 3.63) is 64.9 Å². The number of aromatic nitrogens is 1. The van der Waals surface area contributed by atoms with E-state index in [9.17, 15) is 4.39 Å². The van der Waals surface area contributed by atoms with Gasteiger partial charge in [-0.3, -0.25) is 4.98 Å². The van der Waals surface area contributed by atoms with Gasteiger partial charge in [-0.05, 0) is 50.7 Å². The van der Waals surface area contributed by atoms with Gasteiger partial charge < -0.3 is 9.73 Å². The molecule has 3 nitrogen and oxygen atoms in total. The second-order valence-electron chi connectivity index (χ2n) is 5.21. The largest absolute Gasteiger partial charge is 0.456 e. The number of pyridine rings is 1. The van der Waals surface area contributed by atoms with Crippen LogP contribution >= 0.6 is 0 Å². The van der Waals surface area contributed by atoms with Crippen molar-refractivity contribution in [1.29, 1.82) is 0 Å². The molecule has 0 bridgehead atoms. The van der Waals surface area contributed by atoms with E-state index in [1.54, 1.807) is 6.07 Å². The summed E-state index contributed by atoms with van der Waals surface area (Å²) in [6, 6.07) is 10.7. The van der Waals surface area contributed by atoms with E-state index in [1.807, 2.05) is 45.2 Å². The van der Waals surface area contributed by atoms with Crippen molar-refractivity contribution in [3.8, 4) is 0 Å². The second kappa shape index (κ2) is 5.30. The lowest BCUT2D eigenvalue weighted by atomic mass is 10.0. The highest BCUT2D eigenvalue weighted by atomic mass is 19.1. The highest BCUT2D eigenvalue weighted by Crippen LogP contribution is 2.29. The van der Waals surface area contributed by atoms with Crippen LogP contribution in [0.4, 0.5) is 4.39 Å². The first-order valence-electron chi connectivity index (χ1n) is 6.89. The third-order valence-electron chi connectivity index (χ3n) is 3.53. The minimum Gasteiger partial charge on any atom is -0.456 e. The van der Waals surface area contributed by atoms with Crippen LogP contribution in [0.1, 0.15) is 28.8 Å². The Morgan fingerprint density at radius 1 is 1.14 bits per heavy atom. The zero-order valence-corrected chi connectivity index (χ0v) is 12.3. The Kier molecular flexibility index (Phi) is 3.47. The van der Waals surface area contributed by atoms with Crippen molar-refractivity contribution < 1.29 is 8.81 Å². The molecule has 0 saturated heterocycles. The molecule has 2 aromatic heterocycles. The maximum Gasteiger partial charge on any atom is 0.169 e. The molecule has 1 N–H and O–H groups in total. The fourth-order valence-electron chi connectivity index (χ4n) is 2.70. The van der Waals surface area contributed by atoms with Gasteiger partial charge in [-0.25, -0.2) is 4.39 Å². The van der Waals surface area contributed by atoms with E-state index in [1.165, 1.54) is 6.07 Å². The Morgan fingerprint density at radius 3 is 2.48 bits per heavy atom. The maximum absolute atomic E-state index is 13.8. The first-order valence-corrected chi connectivity index (χ1v) is 6.89. The molecule has 3 rings (SSSR count). The van der Waals surface area contributed by atoms with Gasteiger partial charge in [0.25, 0.3) is 0 Å². The Labute approximate surface area is 122 Å². The SMILES string of the molecule is CNC(c1cc(C)nc(C)c1)c1cc2cccc(F)c2o1. The highest BCUT2D eigenvalue weighted by Gasteiger charge is 2.18. The van der Waals surface area contributed by atoms with Crippen LogP contribution in [0.3, 0.4) is 0 Å². The summed E-state index contributed by atoms with van der Waals surface area (Å²) in [5, 5.41) is 4.00. The predicted octanol–water partition coefficient (Wildman–Crippen LogP) is 3.89. The van der Waals surface area contributed by atoms with Crippen molar-refractivity contribution in [3.63, 3.8) is 0 Å². The average molecular weight is 284 g/mol. The van der Waals surface area contributed by atoms with E-state index in [0.29, 0.717) is 11.3 Å². The normalized spacial score (nSPS) is 12.8. The minimum atomic E-state index is -0.337. The Hall–Kier alpha value is -2.20. The fraction of sp³-hybridized carbons (Fsp3) is 0.235. The second-order valence-corrected chi connectivity index (χ2v) is 5.21. The van der Waals surface area contributed by atoms with Crippen LogP contribution in [0.5, 0.6) is 0 Å². The van der Waals surface area contributed by atoms with E-state index in [4.69, 9.17) is 4.42 Å². The summed E-state index contributed by atoms with van der Waals surface area (Å²) < 4.78 is 19.5. The summed E-state index contributed by atoms with van der Waals surface area (Å²) in [5.74, 6) is 0.360. The van der Waals surface area contributed by atoms with Crippen LogP contribution in [0.25, 0.3) is 11.0 Å². The number of rotatable bonds is 3. The van der Waals surface area contributed by atoms with Crippen molar-refractivity contribution in [2.75, 3.05) is 7.05 Å². The molecule has 0 aliphatic heterocycles. The van der Waals surface area contributed by atoms with Gasteiger partial charge in [0.15, 0.2) is 11.4 Å². The van der Waals surface area contributed by atoms with Crippen LogP contribution in [-0.4, -0.2) is 12.0 Å². The molecule has 0 aliphatic carbocycles. The number of benzene rings is 1. The van der Waals surface area contributed by atoms with Gasteiger partial charge in [-0.2, -0.15) is 0 Å². The van der Waals surface area contributed by atoms with Crippen LogP contribution in [0.15, 0.2) is 40.8 Å². The van der Waals surface area contributed by atoms with Crippen LogP contribution in [0, 0.1) is 19.7 Å². The molecule has 4 heteroatoms. The molecule has 0 fully saturated rings. The highest BCUT2D eigenvalue weighted by molar-refractivity contribution is 5.78. The molecular weight excluding hydrogens is 267 g/mol. The van der Waals surface area contributed by atoms with Gasteiger partial charge in [0.1, 0.15) is 5.76 Å². The van der Waals surface area contributed by atoms with E-state index in [0.717, 1.165) is 22.3 Å². The predicted molar refractivity (Wildman–Crippen MR) is 80.8 cm³/mol. The zero-order chi connectivity index (χ0) is 15.0. The monoisotopic (exact) mass is 284 g/mol. The van der Waals surface area contributed by atoms with Crippen molar-refractivity contribution >= 4 is 11.0 Å². The van der Waals surface area contributed by atoms with Gasteiger partial charge in [0.2, 0.25) is 0 Å². The summed E-state index contributed by atoms with van der Waals surface area (Å²) in [6.45, 7) is 3.92. The van der Waals surface area contributed by atoms with E-state index < -0.39 is 0 Å². The molecule has 0 aliphatic rings. The summed E-state index contributed by atoms with van der Waals surface area (Å²) >= 11 is 0. The minimum absolute atomic E-state index is 0.128. The fourth-order valence-corrected chi connectivity index (χ4v) is 2.70. The lowest BCUT2D eigenvalue weighted by molar-refractivity contribution is 0.476. The number of nitrogens with one attached hydrogen (secondary N) is 1. The number of hydrogen-bond donors (Lipinski definition) is 1. The number of nitrogens with zero attached hydrogens (tertiary/aromatic N) is 1.